The second-order valence-corrected chi connectivity index (χ2v) is 7.94. The molecule has 8 nitrogen and oxygen atoms in total. The van der Waals surface area contributed by atoms with Gasteiger partial charge < -0.3 is 15.0 Å². The fraction of sp³-hybridized carbons (Fsp3) is 0.263. The summed E-state index contributed by atoms with van der Waals surface area (Å²) >= 11 is 0. The van der Waals surface area contributed by atoms with E-state index in [0.29, 0.717) is 36.7 Å². The van der Waals surface area contributed by atoms with Crippen LogP contribution in [0.2, 0.25) is 0 Å². The van der Waals surface area contributed by atoms with Gasteiger partial charge in [0.2, 0.25) is 5.91 Å². The van der Waals surface area contributed by atoms with Gasteiger partial charge in [0.1, 0.15) is 12.4 Å². The fourth-order valence-corrected chi connectivity index (χ4v) is 3.91. The van der Waals surface area contributed by atoms with Crippen molar-refractivity contribution < 1.29 is 22.7 Å². The van der Waals surface area contributed by atoms with Crippen molar-refractivity contribution in [1.29, 1.82) is 0 Å². The largest absolute Gasteiger partial charge is 0.491 e. The molecule has 0 aliphatic carbocycles. The van der Waals surface area contributed by atoms with E-state index in [4.69, 9.17) is 4.74 Å². The van der Waals surface area contributed by atoms with Crippen molar-refractivity contribution in [2.24, 2.45) is 0 Å². The number of likely N-dealkylation sites (N-methyl/N-ethyl adjacent to an activating group) is 1. The number of fused-ring (bicyclic) bond motifs is 1. The Kier molecular flexibility index (Phi) is 5.55. The third-order valence-corrected chi connectivity index (χ3v) is 5.63. The van der Waals surface area contributed by atoms with E-state index < -0.39 is 10.0 Å². The molecule has 0 aromatic heterocycles. The Morgan fingerprint density at radius 3 is 2.46 bits per heavy atom. The first-order chi connectivity index (χ1) is 13.3. The molecule has 1 aliphatic heterocycles. The van der Waals surface area contributed by atoms with Gasteiger partial charge in [0.05, 0.1) is 17.0 Å². The van der Waals surface area contributed by atoms with Crippen LogP contribution in [-0.2, 0) is 14.8 Å². The molecule has 3 rings (SSSR count). The third-order valence-electron chi connectivity index (χ3n) is 4.23. The van der Waals surface area contributed by atoms with Crippen molar-refractivity contribution in [2.45, 2.75) is 18.7 Å². The van der Waals surface area contributed by atoms with Crippen LogP contribution in [0.5, 0.6) is 5.75 Å². The highest BCUT2D eigenvalue weighted by Gasteiger charge is 2.24. The standard InChI is InChI=1S/C19H21N3O5S/c1-3-22-10-11-27-18-9-6-15(12-17(18)19(22)24)21-28(25,26)16-7-4-14(5-8-16)20-13(2)23/h4-9,12,21H,3,10-11H2,1-2H3,(H,20,23). The van der Waals surface area contributed by atoms with Gasteiger partial charge in [-0.2, -0.15) is 0 Å². The van der Waals surface area contributed by atoms with Crippen molar-refractivity contribution in [3.05, 3.63) is 48.0 Å². The second kappa shape index (κ2) is 7.89. The number of ether oxygens (including phenoxy) is 1. The summed E-state index contributed by atoms with van der Waals surface area (Å²) < 4.78 is 33.4. The molecular formula is C19H21N3O5S. The molecule has 2 N–H and O–H groups in total. The molecule has 0 spiro atoms. The predicted molar refractivity (Wildman–Crippen MR) is 105 cm³/mol. The molecule has 0 unspecified atom stereocenters. The summed E-state index contributed by atoms with van der Waals surface area (Å²) in [4.78, 5) is 25.4. The quantitative estimate of drug-likeness (QED) is 0.797. The molecule has 28 heavy (non-hydrogen) atoms. The Morgan fingerprint density at radius 1 is 1.14 bits per heavy atom. The minimum absolute atomic E-state index is 0.0364. The number of nitrogens with one attached hydrogen (secondary N) is 2. The number of amides is 2. The lowest BCUT2D eigenvalue weighted by Gasteiger charge is -2.17. The molecule has 9 heteroatoms. The molecule has 2 amide bonds. The van der Waals surface area contributed by atoms with E-state index in [9.17, 15) is 18.0 Å². The third kappa shape index (κ3) is 4.25. The summed E-state index contributed by atoms with van der Waals surface area (Å²) in [5.74, 6) is -0.00835. The lowest BCUT2D eigenvalue weighted by Crippen LogP contribution is -2.32. The first-order valence-corrected chi connectivity index (χ1v) is 10.2. The van der Waals surface area contributed by atoms with Crippen LogP contribution < -0.4 is 14.8 Å². The molecule has 0 bridgehead atoms. The van der Waals surface area contributed by atoms with E-state index in [-0.39, 0.29) is 22.4 Å². The Balaban J connectivity index is 1.85. The van der Waals surface area contributed by atoms with Gasteiger partial charge in [0.15, 0.2) is 0 Å². The van der Waals surface area contributed by atoms with Gasteiger partial charge in [-0.05, 0) is 49.4 Å². The van der Waals surface area contributed by atoms with Crippen molar-refractivity contribution >= 4 is 33.2 Å². The minimum Gasteiger partial charge on any atom is -0.491 e. The number of nitrogens with zero attached hydrogens (tertiary/aromatic N) is 1. The fourth-order valence-electron chi connectivity index (χ4n) is 2.86. The van der Waals surface area contributed by atoms with Crippen LogP contribution in [0, 0.1) is 0 Å². The number of sulfonamides is 1. The molecule has 0 saturated carbocycles. The molecule has 2 aromatic rings. The zero-order valence-electron chi connectivity index (χ0n) is 15.6. The van der Waals surface area contributed by atoms with Crippen molar-refractivity contribution in [1.82, 2.24) is 4.90 Å². The van der Waals surface area contributed by atoms with Crippen LogP contribution in [0.3, 0.4) is 0 Å². The number of rotatable bonds is 5. The van der Waals surface area contributed by atoms with Gasteiger partial charge in [-0.25, -0.2) is 8.42 Å². The number of hydrogen-bond acceptors (Lipinski definition) is 5. The van der Waals surface area contributed by atoms with Crippen molar-refractivity contribution in [3.63, 3.8) is 0 Å². The van der Waals surface area contributed by atoms with E-state index in [1.807, 2.05) is 6.92 Å². The number of carbonyl (C=O) groups is 2. The Labute approximate surface area is 163 Å². The number of anilines is 2. The molecular weight excluding hydrogens is 382 g/mol. The molecule has 0 saturated heterocycles. The highest BCUT2D eigenvalue weighted by atomic mass is 32.2. The monoisotopic (exact) mass is 403 g/mol. The topological polar surface area (TPSA) is 105 Å². The highest BCUT2D eigenvalue weighted by Crippen LogP contribution is 2.28. The maximum Gasteiger partial charge on any atom is 0.261 e. The first kappa shape index (κ1) is 19.7. The SMILES string of the molecule is CCN1CCOc2ccc(NS(=O)(=O)c3ccc(NC(C)=O)cc3)cc2C1=O. The van der Waals surface area contributed by atoms with E-state index in [1.54, 1.807) is 17.0 Å². The molecule has 148 valence electrons. The van der Waals surface area contributed by atoms with Crippen molar-refractivity contribution in [3.8, 4) is 5.75 Å². The summed E-state index contributed by atoms with van der Waals surface area (Å²) in [5, 5.41) is 2.58. The Hall–Kier alpha value is -3.07. The average Bonchev–Trinajstić information content (AvgIpc) is 2.80. The molecule has 0 atom stereocenters. The maximum atomic E-state index is 12.6. The van der Waals surface area contributed by atoms with E-state index in [2.05, 4.69) is 10.0 Å². The van der Waals surface area contributed by atoms with Crippen LogP contribution >= 0.6 is 0 Å². The Bertz CT molecular complexity index is 1000. The van der Waals surface area contributed by atoms with Gasteiger partial charge in [-0.1, -0.05) is 0 Å². The van der Waals surface area contributed by atoms with Gasteiger partial charge in [0.25, 0.3) is 15.9 Å². The van der Waals surface area contributed by atoms with Crippen LogP contribution in [0.15, 0.2) is 47.4 Å². The van der Waals surface area contributed by atoms with Crippen LogP contribution in [0.25, 0.3) is 0 Å². The molecule has 1 aliphatic rings. The zero-order valence-corrected chi connectivity index (χ0v) is 16.4. The summed E-state index contributed by atoms with van der Waals surface area (Å²) in [6.07, 6.45) is 0. The number of carbonyl (C=O) groups excluding carboxylic acids is 2. The van der Waals surface area contributed by atoms with E-state index in [0.717, 1.165) is 0 Å². The second-order valence-electron chi connectivity index (χ2n) is 6.26. The number of hydrogen-bond donors (Lipinski definition) is 2. The lowest BCUT2D eigenvalue weighted by atomic mass is 10.1. The molecule has 0 radical (unpaired) electrons. The van der Waals surface area contributed by atoms with Crippen LogP contribution in [0.4, 0.5) is 11.4 Å². The van der Waals surface area contributed by atoms with E-state index in [1.165, 1.54) is 37.3 Å². The zero-order chi connectivity index (χ0) is 20.3. The van der Waals surface area contributed by atoms with Gasteiger partial charge in [0, 0.05) is 24.8 Å². The first-order valence-electron chi connectivity index (χ1n) is 8.77. The van der Waals surface area contributed by atoms with Crippen LogP contribution in [-0.4, -0.2) is 44.8 Å². The molecule has 1 heterocycles. The maximum absolute atomic E-state index is 12.6. The smallest absolute Gasteiger partial charge is 0.261 e. The summed E-state index contributed by atoms with van der Waals surface area (Å²) in [6.45, 7) is 4.65. The van der Waals surface area contributed by atoms with Gasteiger partial charge in [-0.15, -0.1) is 0 Å². The molecule has 2 aromatic carbocycles. The summed E-state index contributed by atoms with van der Waals surface area (Å²) in [5.41, 5.74) is 1.08. The van der Waals surface area contributed by atoms with Crippen LogP contribution in [0.1, 0.15) is 24.2 Å². The molecule has 0 fully saturated rings. The minimum atomic E-state index is -3.86. The number of benzene rings is 2. The average molecular weight is 403 g/mol. The summed E-state index contributed by atoms with van der Waals surface area (Å²) in [6, 6.07) is 10.4. The van der Waals surface area contributed by atoms with Crippen molar-refractivity contribution in [2.75, 3.05) is 29.7 Å². The lowest BCUT2D eigenvalue weighted by molar-refractivity contribution is -0.114. The van der Waals surface area contributed by atoms with E-state index >= 15 is 0 Å². The summed E-state index contributed by atoms with van der Waals surface area (Å²) in [7, 11) is -3.86. The highest BCUT2D eigenvalue weighted by molar-refractivity contribution is 7.92. The predicted octanol–water partition coefficient (Wildman–Crippen LogP) is 2.30. The van der Waals surface area contributed by atoms with Gasteiger partial charge >= 0.3 is 0 Å². The Morgan fingerprint density at radius 2 is 1.82 bits per heavy atom. The normalized spacial score (nSPS) is 13.9. The van der Waals surface area contributed by atoms with Gasteiger partial charge in [-0.3, -0.25) is 14.3 Å².